The third-order valence-electron chi connectivity index (χ3n) is 8.54. The summed E-state index contributed by atoms with van der Waals surface area (Å²) in [5.74, 6) is 3.17. The zero-order valence-corrected chi connectivity index (χ0v) is 29.3. The smallest absolute Gasteiger partial charge is 0.118 e. The van der Waals surface area contributed by atoms with Crippen molar-refractivity contribution in [2.45, 2.75) is 39.5 Å². The predicted octanol–water partition coefficient (Wildman–Crippen LogP) is 8.29. The molecule has 0 bridgehead atoms. The first-order valence-electron chi connectivity index (χ1n) is 15.5. The van der Waals surface area contributed by atoms with Crippen molar-refractivity contribution in [3.8, 4) is 5.75 Å². The molecule has 240 valence electrons. The van der Waals surface area contributed by atoms with Crippen molar-refractivity contribution >= 4 is 57.8 Å². The average molecular weight is 681 g/mol. The second-order valence-corrected chi connectivity index (χ2v) is 12.9. The van der Waals surface area contributed by atoms with E-state index in [4.69, 9.17) is 51.1 Å². The van der Waals surface area contributed by atoms with Crippen LogP contribution in [0.25, 0.3) is 0 Å². The fourth-order valence-corrected chi connectivity index (χ4v) is 6.99. The third kappa shape index (κ3) is 9.11. The van der Waals surface area contributed by atoms with Crippen LogP contribution < -0.4 is 14.5 Å². The van der Waals surface area contributed by atoms with Crippen LogP contribution in [0.2, 0.25) is 0 Å². The minimum Gasteiger partial charge on any atom is -0.497 e. The molecule has 9 heteroatoms. The lowest BCUT2D eigenvalue weighted by atomic mass is 10.0. The minimum atomic E-state index is 0.140. The average Bonchev–Trinajstić information content (AvgIpc) is 3.03. The molecule has 0 N–H and O–H groups in total. The number of hydrogen-bond donors (Lipinski definition) is 0. The van der Waals surface area contributed by atoms with Crippen LogP contribution in [0.15, 0.2) is 60.7 Å². The largest absolute Gasteiger partial charge is 0.497 e. The molecule has 0 aromatic heterocycles. The highest BCUT2D eigenvalue weighted by Gasteiger charge is 2.31. The first kappa shape index (κ1) is 35.0. The van der Waals surface area contributed by atoms with Gasteiger partial charge in [-0.1, -0.05) is 24.3 Å². The molecule has 4 rings (SSSR count). The van der Waals surface area contributed by atoms with Gasteiger partial charge in [-0.15, -0.1) is 46.4 Å². The zero-order chi connectivity index (χ0) is 31.5. The Morgan fingerprint density at radius 1 is 0.659 bits per heavy atom. The Labute approximate surface area is 284 Å². The van der Waals surface area contributed by atoms with Crippen LogP contribution in [0.5, 0.6) is 5.75 Å². The fourth-order valence-electron chi connectivity index (χ4n) is 6.18. The molecule has 0 amide bonds. The standard InChI is InChI=1S/C35H46Cl4N4O/c1-27-23-32(40(19-13-36)20-14-37)9-5-30(27)25-42-17-4-18-43(35(42)29-7-11-34(44-3)12-8-29)26-31-6-10-33(24-28(31)2)41(21-15-38)22-16-39/h5-12,23-24,35H,4,13-22,25-26H2,1-3H3. The fraction of sp³-hybridized carbons (Fsp3) is 0.486. The summed E-state index contributed by atoms with van der Waals surface area (Å²) in [6.45, 7) is 11.4. The first-order chi connectivity index (χ1) is 21.4. The normalized spacial score (nSPS) is 14.6. The van der Waals surface area contributed by atoms with Crippen LogP contribution in [0.4, 0.5) is 11.4 Å². The number of nitrogens with zero attached hydrogens (tertiary/aromatic N) is 4. The van der Waals surface area contributed by atoms with E-state index in [0.717, 1.165) is 64.5 Å². The van der Waals surface area contributed by atoms with Crippen molar-refractivity contribution < 1.29 is 4.74 Å². The van der Waals surface area contributed by atoms with Crippen molar-refractivity contribution in [1.82, 2.24) is 9.80 Å². The number of rotatable bonds is 16. The Morgan fingerprint density at radius 2 is 1.09 bits per heavy atom. The van der Waals surface area contributed by atoms with E-state index in [0.29, 0.717) is 23.5 Å². The summed E-state index contributed by atoms with van der Waals surface area (Å²) < 4.78 is 5.49. The van der Waals surface area contributed by atoms with E-state index in [-0.39, 0.29) is 6.17 Å². The quantitative estimate of drug-likeness (QED) is 0.142. The highest BCUT2D eigenvalue weighted by molar-refractivity contribution is 6.19. The molecule has 1 saturated heterocycles. The van der Waals surface area contributed by atoms with Gasteiger partial charge in [0.05, 0.1) is 13.3 Å². The molecule has 0 unspecified atom stereocenters. The number of methoxy groups -OCH3 is 1. The van der Waals surface area contributed by atoms with Crippen molar-refractivity contribution in [2.24, 2.45) is 0 Å². The molecule has 3 aromatic carbocycles. The van der Waals surface area contributed by atoms with E-state index in [1.165, 1.54) is 39.2 Å². The van der Waals surface area contributed by atoms with E-state index < -0.39 is 0 Å². The minimum absolute atomic E-state index is 0.140. The van der Waals surface area contributed by atoms with Gasteiger partial charge in [-0.25, -0.2) is 0 Å². The van der Waals surface area contributed by atoms with Gasteiger partial charge in [0, 0.05) is 87.3 Å². The Balaban J connectivity index is 1.61. The van der Waals surface area contributed by atoms with Crippen molar-refractivity contribution in [1.29, 1.82) is 0 Å². The Morgan fingerprint density at radius 3 is 1.45 bits per heavy atom. The predicted molar refractivity (Wildman–Crippen MR) is 191 cm³/mol. The maximum absolute atomic E-state index is 6.09. The molecule has 44 heavy (non-hydrogen) atoms. The number of alkyl halides is 4. The van der Waals surface area contributed by atoms with Gasteiger partial charge >= 0.3 is 0 Å². The summed E-state index contributed by atoms with van der Waals surface area (Å²) in [4.78, 5) is 9.76. The number of aryl methyl sites for hydroxylation is 2. The molecule has 0 aliphatic carbocycles. The van der Waals surface area contributed by atoms with E-state index in [9.17, 15) is 0 Å². The monoisotopic (exact) mass is 678 g/mol. The van der Waals surface area contributed by atoms with Crippen LogP contribution in [-0.2, 0) is 13.1 Å². The maximum atomic E-state index is 6.09. The van der Waals surface area contributed by atoms with Gasteiger partial charge in [0.1, 0.15) is 5.75 Å². The second-order valence-electron chi connectivity index (χ2n) is 11.4. The third-order valence-corrected chi connectivity index (χ3v) is 9.22. The molecule has 5 nitrogen and oxygen atoms in total. The molecule has 1 fully saturated rings. The molecular formula is C35H46Cl4N4O. The van der Waals surface area contributed by atoms with Crippen LogP contribution in [0.3, 0.4) is 0 Å². The van der Waals surface area contributed by atoms with Gasteiger partial charge in [0.15, 0.2) is 0 Å². The van der Waals surface area contributed by atoms with Crippen molar-refractivity contribution in [3.05, 3.63) is 88.5 Å². The molecule has 1 aliphatic rings. The zero-order valence-electron chi connectivity index (χ0n) is 26.3. The van der Waals surface area contributed by atoms with Crippen LogP contribution in [0, 0.1) is 13.8 Å². The highest BCUT2D eigenvalue weighted by Crippen LogP contribution is 2.34. The summed E-state index contributed by atoms with van der Waals surface area (Å²) >= 11 is 24.4. The SMILES string of the molecule is COc1ccc(C2N(Cc3ccc(N(CCCl)CCCl)cc3C)CCCN2Cc2ccc(N(CCCl)CCCl)cc2C)cc1. The maximum Gasteiger partial charge on any atom is 0.118 e. The van der Waals surface area contributed by atoms with Gasteiger partial charge in [0.2, 0.25) is 0 Å². The molecule has 0 atom stereocenters. The Kier molecular flexibility index (Phi) is 14.1. The van der Waals surface area contributed by atoms with E-state index in [2.05, 4.69) is 94.1 Å². The van der Waals surface area contributed by atoms with E-state index in [1.807, 2.05) is 0 Å². The molecular weight excluding hydrogens is 634 g/mol. The van der Waals surface area contributed by atoms with E-state index in [1.54, 1.807) is 7.11 Å². The van der Waals surface area contributed by atoms with Crippen LogP contribution in [0.1, 0.15) is 40.4 Å². The number of ether oxygens (including phenoxy) is 1. The molecule has 0 saturated carbocycles. The molecule has 3 aromatic rings. The number of benzene rings is 3. The first-order valence-corrected chi connectivity index (χ1v) is 17.6. The number of hydrogen-bond acceptors (Lipinski definition) is 5. The lowest BCUT2D eigenvalue weighted by Gasteiger charge is -2.45. The Hall–Kier alpha value is -1.86. The van der Waals surface area contributed by atoms with Crippen LogP contribution in [-0.4, -0.2) is 79.7 Å². The van der Waals surface area contributed by atoms with Crippen molar-refractivity contribution in [2.75, 3.05) is 79.7 Å². The number of anilines is 2. The summed E-state index contributed by atoms with van der Waals surface area (Å²) in [5, 5.41) is 0. The summed E-state index contributed by atoms with van der Waals surface area (Å²) in [6.07, 6.45) is 1.25. The van der Waals surface area contributed by atoms with E-state index >= 15 is 0 Å². The lowest BCUT2D eigenvalue weighted by Crippen LogP contribution is -2.47. The highest BCUT2D eigenvalue weighted by atomic mass is 35.5. The topological polar surface area (TPSA) is 22.2 Å². The van der Waals surface area contributed by atoms with Gasteiger partial charge in [0.25, 0.3) is 0 Å². The lowest BCUT2D eigenvalue weighted by molar-refractivity contribution is -0.00930. The van der Waals surface area contributed by atoms with Crippen LogP contribution >= 0.6 is 46.4 Å². The van der Waals surface area contributed by atoms with Crippen molar-refractivity contribution in [3.63, 3.8) is 0 Å². The summed E-state index contributed by atoms with van der Waals surface area (Å²) in [7, 11) is 1.72. The summed E-state index contributed by atoms with van der Waals surface area (Å²) in [6, 6.07) is 22.1. The summed E-state index contributed by atoms with van der Waals surface area (Å²) in [5.41, 5.74) is 8.87. The van der Waals surface area contributed by atoms with Gasteiger partial charge in [-0.2, -0.15) is 0 Å². The van der Waals surface area contributed by atoms with Gasteiger partial charge in [-0.05, 0) is 84.5 Å². The number of halogens is 4. The molecule has 0 spiro atoms. The molecule has 0 radical (unpaired) electrons. The Bertz CT molecular complexity index is 1220. The molecule has 1 aliphatic heterocycles. The van der Waals surface area contributed by atoms with Gasteiger partial charge in [-0.3, -0.25) is 9.80 Å². The molecule has 1 heterocycles. The second kappa shape index (κ2) is 17.7. The van der Waals surface area contributed by atoms with Gasteiger partial charge < -0.3 is 14.5 Å².